The van der Waals surface area contributed by atoms with Gasteiger partial charge in [0.05, 0.1) is 17.4 Å². The number of carbonyl (C=O) groups is 2. The van der Waals surface area contributed by atoms with Crippen LogP contribution in [0.3, 0.4) is 0 Å². The SMILES string of the molecule is CC(C)(C)C(=O)Nc1ccc(N2CCN(C(=O)c3ccc(C(F)(F)F)cc3)CC2)nc1. The van der Waals surface area contributed by atoms with Gasteiger partial charge < -0.3 is 15.1 Å². The van der Waals surface area contributed by atoms with E-state index in [1.165, 1.54) is 12.1 Å². The highest BCUT2D eigenvalue weighted by molar-refractivity contribution is 5.95. The van der Waals surface area contributed by atoms with Crippen molar-refractivity contribution in [3.63, 3.8) is 0 Å². The van der Waals surface area contributed by atoms with E-state index in [1.807, 2.05) is 31.7 Å². The van der Waals surface area contributed by atoms with Gasteiger partial charge in [-0.2, -0.15) is 13.2 Å². The Morgan fingerprint density at radius 1 is 0.935 bits per heavy atom. The van der Waals surface area contributed by atoms with Crippen molar-refractivity contribution in [1.29, 1.82) is 0 Å². The third kappa shape index (κ3) is 5.53. The number of carbonyl (C=O) groups excluding carboxylic acids is 2. The molecule has 0 unspecified atom stereocenters. The van der Waals surface area contributed by atoms with Crippen LogP contribution in [0.2, 0.25) is 0 Å². The monoisotopic (exact) mass is 434 g/mol. The molecule has 166 valence electrons. The summed E-state index contributed by atoms with van der Waals surface area (Å²) in [5.74, 6) is 0.342. The first-order chi connectivity index (χ1) is 14.4. The zero-order valence-corrected chi connectivity index (χ0v) is 17.7. The van der Waals surface area contributed by atoms with Crippen LogP contribution in [0.25, 0.3) is 0 Å². The lowest BCUT2D eigenvalue weighted by atomic mass is 9.96. The molecular formula is C22H25F3N4O2. The van der Waals surface area contributed by atoms with E-state index in [9.17, 15) is 22.8 Å². The number of alkyl halides is 3. The van der Waals surface area contributed by atoms with Crippen molar-refractivity contribution in [2.45, 2.75) is 26.9 Å². The summed E-state index contributed by atoms with van der Waals surface area (Å²) in [6.07, 6.45) is -2.83. The minimum Gasteiger partial charge on any atom is -0.353 e. The molecule has 1 aliphatic heterocycles. The maximum atomic E-state index is 12.7. The Kier molecular flexibility index (Phi) is 6.24. The van der Waals surface area contributed by atoms with E-state index in [0.717, 1.165) is 18.0 Å². The molecule has 1 aromatic heterocycles. The number of halogens is 3. The largest absolute Gasteiger partial charge is 0.416 e. The van der Waals surface area contributed by atoms with Gasteiger partial charge >= 0.3 is 6.18 Å². The van der Waals surface area contributed by atoms with Gasteiger partial charge in [-0.25, -0.2) is 4.98 Å². The van der Waals surface area contributed by atoms with E-state index in [-0.39, 0.29) is 17.4 Å². The van der Waals surface area contributed by atoms with Crippen LogP contribution in [0.15, 0.2) is 42.6 Å². The highest BCUT2D eigenvalue weighted by atomic mass is 19.4. The molecule has 0 radical (unpaired) electrons. The number of amides is 2. The summed E-state index contributed by atoms with van der Waals surface area (Å²) in [7, 11) is 0. The second kappa shape index (κ2) is 8.56. The Hall–Kier alpha value is -3.10. The molecule has 6 nitrogen and oxygen atoms in total. The molecule has 2 heterocycles. The van der Waals surface area contributed by atoms with Crippen molar-refractivity contribution in [2.24, 2.45) is 5.41 Å². The first-order valence-electron chi connectivity index (χ1n) is 9.94. The third-order valence-corrected chi connectivity index (χ3v) is 5.04. The third-order valence-electron chi connectivity index (χ3n) is 5.04. The summed E-state index contributed by atoms with van der Waals surface area (Å²) in [5, 5.41) is 2.82. The fraction of sp³-hybridized carbons (Fsp3) is 0.409. The summed E-state index contributed by atoms with van der Waals surface area (Å²) in [6.45, 7) is 7.45. The lowest BCUT2D eigenvalue weighted by molar-refractivity contribution is -0.137. The molecule has 1 aliphatic rings. The number of hydrogen-bond donors (Lipinski definition) is 1. The first-order valence-corrected chi connectivity index (χ1v) is 9.94. The van der Waals surface area contributed by atoms with Crippen molar-refractivity contribution >= 4 is 23.3 Å². The molecule has 0 atom stereocenters. The molecule has 0 saturated carbocycles. The van der Waals surface area contributed by atoms with Crippen molar-refractivity contribution in [1.82, 2.24) is 9.88 Å². The number of rotatable bonds is 3. The maximum absolute atomic E-state index is 12.7. The van der Waals surface area contributed by atoms with E-state index in [1.54, 1.807) is 17.2 Å². The average Bonchev–Trinajstić information content (AvgIpc) is 2.73. The second-order valence-electron chi connectivity index (χ2n) is 8.46. The summed E-state index contributed by atoms with van der Waals surface area (Å²) in [4.78, 5) is 32.7. The molecule has 1 aromatic carbocycles. The summed E-state index contributed by atoms with van der Waals surface area (Å²) < 4.78 is 38.1. The van der Waals surface area contributed by atoms with Gasteiger partial charge in [-0.1, -0.05) is 20.8 Å². The van der Waals surface area contributed by atoms with Crippen LogP contribution in [-0.2, 0) is 11.0 Å². The predicted molar refractivity (Wildman–Crippen MR) is 112 cm³/mol. The van der Waals surface area contributed by atoms with Gasteiger partial charge in [0.15, 0.2) is 0 Å². The summed E-state index contributed by atoms with van der Waals surface area (Å²) in [6, 6.07) is 7.87. The van der Waals surface area contributed by atoms with E-state index in [0.29, 0.717) is 31.9 Å². The fourth-order valence-corrected chi connectivity index (χ4v) is 3.09. The van der Waals surface area contributed by atoms with Crippen LogP contribution in [0, 0.1) is 5.41 Å². The Bertz CT molecular complexity index is 927. The number of hydrogen-bond acceptors (Lipinski definition) is 4. The van der Waals surface area contributed by atoms with Gasteiger partial charge in [0, 0.05) is 37.2 Å². The normalized spacial score (nSPS) is 15.0. The number of benzene rings is 1. The Morgan fingerprint density at radius 2 is 1.55 bits per heavy atom. The number of nitrogens with zero attached hydrogens (tertiary/aromatic N) is 3. The van der Waals surface area contributed by atoms with Crippen LogP contribution in [-0.4, -0.2) is 47.9 Å². The summed E-state index contributed by atoms with van der Waals surface area (Å²) in [5.41, 5.74) is -0.436. The minimum atomic E-state index is -4.43. The van der Waals surface area contributed by atoms with Crippen LogP contribution in [0.5, 0.6) is 0 Å². The molecule has 2 aromatic rings. The molecule has 1 saturated heterocycles. The molecule has 3 rings (SSSR count). The average molecular weight is 434 g/mol. The molecule has 1 fully saturated rings. The zero-order valence-electron chi connectivity index (χ0n) is 17.7. The molecule has 0 aliphatic carbocycles. The van der Waals surface area contributed by atoms with Crippen molar-refractivity contribution < 1.29 is 22.8 Å². The standard InChI is InChI=1S/C22H25F3N4O2/c1-21(2,3)20(31)27-17-8-9-18(26-14-17)28-10-12-29(13-11-28)19(30)15-4-6-16(7-5-15)22(23,24)25/h4-9,14H,10-13H2,1-3H3,(H,27,31). The van der Waals surface area contributed by atoms with E-state index >= 15 is 0 Å². The van der Waals surface area contributed by atoms with Crippen molar-refractivity contribution in [3.8, 4) is 0 Å². The Morgan fingerprint density at radius 3 is 2.03 bits per heavy atom. The van der Waals surface area contributed by atoms with Crippen molar-refractivity contribution in [3.05, 3.63) is 53.7 Å². The smallest absolute Gasteiger partial charge is 0.353 e. The van der Waals surface area contributed by atoms with Gasteiger partial charge in [0.1, 0.15) is 5.82 Å². The van der Waals surface area contributed by atoms with Gasteiger partial charge in [-0.05, 0) is 36.4 Å². The fourth-order valence-electron chi connectivity index (χ4n) is 3.09. The molecule has 9 heteroatoms. The molecule has 0 bridgehead atoms. The van der Waals surface area contributed by atoms with Gasteiger partial charge in [-0.15, -0.1) is 0 Å². The van der Waals surface area contributed by atoms with E-state index < -0.39 is 17.2 Å². The Balaban J connectivity index is 1.57. The number of pyridine rings is 1. The molecular weight excluding hydrogens is 409 g/mol. The van der Waals surface area contributed by atoms with Crippen LogP contribution in [0.1, 0.15) is 36.7 Å². The van der Waals surface area contributed by atoms with Crippen molar-refractivity contribution in [2.75, 3.05) is 36.4 Å². The maximum Gasteiger partial charge on any atom is 0.416 e. The predicted octanol–water partition coefficient (Wildman–Crippen LogP) is 4.05. The van der Waals surface area contributed by atoms with E-state index in [2.05, 4.69) is 10.3 Å². The Labute approximate surface area is 179 Å². The molecule has 0 spiro atoms. The lowest BCUT2D eigenvalue weighted by Crippen LogP contribution is -2.49. The number of nitrogens with one attached hydrogen (secondary N) is 1. The first kappa shape index (κ1) is 22.6. The highest BCUT2D eigenvalue weighted by Gasteiger charge is 2.31. The van der Waals surface area contributed by atoms with Gasteiger partial charge in [0.2, 0.25) is 5.91 Å². The summed E-state index contributed by atoms with van der Waals surface area (Å²) >= 11 is 0. The molecule has 31 heavy (non-hydrogen) atoms. The van der Waals surface area contributed by atoms with Crippen LogP contribution in [0.4, 0.5) is 24.7 Å². The van der Waals surface area contributed by atoms with E-state index in [4.69, 9.17) is 0 Å². The number of piperazine rings is 1. The number of aromatic nitrogens is 1. The van der Waals surface area contributed by atoms with Crippen LogP contribution >= 0.6 is 0 Å². The lowest BCUT2D eigenvalue weighted by Gasteiger charge is -2.35. The highest BCUT2D eigenvalue weighted by Crippen LogP contribution is 2.29. The minimum absolute atomic E-state index is 0.0996. The molecule has 1 N–H and O–H groups in total. The second-order valence-corrected chi connectivity index (χ2v) is 8.46. The van der Waals surface area contributed by atoms with Crippen LogP contribution < -0.4 is 10.2 Å². The molecule has 2 amide bonds. The zero-order chi connectivity index (χ0) is 22.8. The number of anilines is 2. The van der Waals surface area contributed by atoms with Gasteiger partial charge in [0.25, 0.3) is 5.91 Å². The topological polar surface area (TPSA) is 65.5 Å². The van der Waals surface area contributed by atoms with Gasteiger partial charge in [-0.3, -0.25) is 9.59 Å². The quantitative estimate of drug-likeness (QED) is 0.792.